The summed E-state index contributed by atoms with van der Waals surface area (Å²) in [4.78, 5) is 11.0. The first-order chi connectivity index (χ1) is 5.75. The van der Waals surface area contributed by atoms with E-state index in [2.05, 4.69) is 5.32 Å². The van der Waals surface area contributed by atoms with Gasteiger partial charge in [0.15, 0.2) is 0 Å². The van der Waals surface area contributed by atoms with Gasteiger partial charge in [-0.25, -0.2) is 0 Å². The molecule has 1 saturated heterocycles. The highest BCUT2D eigenvalue weighted by molar-refractivity contribution is 7.99. The van der Waals surface area contributed by atoms with Crippen LogP contribution in [0.1, 0.15) is 12.8 Å². The Bertz CT molecular complexity index is 157. The topological polar surface area (TPSA) is 49.3 Å². The van der Waals surface area contributed by atoms with Gasteiger partial charge in [0.1, 0.15) is 6.10 Å². The fourth-order valence-corrected chi connectivity index (χ4v) is 2.54. The Labute approximate surface area is 76.9 Å². The van der Waals surface area contributed by atoms with Gasteiger partial charge >= 0.3 is 0 Å². The number of aliphatic hydroxyl groups excluding tert-OH is 1. The maximum absolute atomic E-state index is 11.0. The second kappa shape index (κ2) is 4.72. The SMILES string of the molecule is CNC(=O)C(O)C1CCSCC1. The van der Waals surface area contributed by atoms with Crippen molar-refractivity contribution >= 4 is 17.7 Å². The fourth-order valence-electron chi connectivity index (χ4n) is 1.39. The molecule has 0 aliphatic carbocycles. The number of aliphatic hydroxyl groups is 1. The molecule has 1 fully saturated rings. The lowest BCUT2D eigenvalue weighted by molar-refractivity contribution is -0.131. The van der Waals surface area contributed by atoms with Gasteiger partial charge < -0.3 is 10.4 Å². The first kappa shape index (κ1) is 9.86. The molecule has 0 aromatic carbocycles. The molecular weight excluding hydrogens is 174 g/mol. The van der Waals surface area contributed by atoms with Gasteiger partial charge in [-0.15, -0.1) is 0 Å². The van der Waals surface area contributed by atoms with E-state index in [0.29, 0.717) is 0 Å². The van der Waals surface area contributed by atoms with Crippen molar-refractivity contribution in [1.29, 1.82) is 0 Å². The van der Waals surface area contributed by atoms with Gasteiger partial charge in [-0.3, -0.25) is 4.79 Å². The van der Waals surface area contributed by atoms with Crippen LogP contribution in [0.25, 0.3) is 0 Å². The van der Waals surface area contributed by atoms with E-state index in [4.69, 9.17) is 0 Å². The summed E-state index contributed by atoms with van der Waals surface area (Å²) >= 11 is 1.89. The van der Waals surface area contributed by atoms with Crippen LogP contribution in [0.5, 0.6) is 0 Å². The van der Waals surface area contributed by atoms with E-state index in [9.17, 15) is 9.90 Å². The number of thioether (sulfide) groups is 1. The lowest BCUT2D eigenvalue weighted by Gasteiger charge is -2.24. The van der Waals surface area contributed by atoms with Crippen molar-refractivity contribution in [3.63, 3.8) is 0 Å². The van der Waals surface area contributed by atoms with Crippen LogP contribution in [0.3, 0.4) is 0 Å². The molecule has 1 aliphatic rings. The average molecular weight is 189 g/mol. The zero-order valence-corrected chi connectivity index (χ0v) is 8.06. The van der Waals surface area contributed by atoms with Gasteiger partial charge in [0, 0.05) is 7.05 Å². The molecule has 0 spiro atoms. The van der Waals surface area contributed by atoms with Crippen molar-refractivity contribution in [3.05, 3.63) is 0 Å². The summed E-state index contributed by atoms with van der Waals surface area (Å²) in [5.74, 6) is 2.07. The van der Waals surface area contributed by atoms with Gasteiger partial charge in [-0.2, -0.15) is 11.8 Å². The Morgan fingerprint density at radius 1 is 1.58 bits per heavy atom. The fraction of sp³-hybridized carbons (Fsp3) is 0.875. The zero-order valence-electron chi connectivity index (χ0n) is 7.25. The highest BCUT2D eigenvalue weighted by Gasteiger charge is 2.26. The number of carbonyl (C=O) groups is 1. The third-order valence-electron chi connectivity index (χ3n) is 2.23. The van der Waals surface area contributed by atoms with E-state index in [1.807, 2.05) is 11.8 Å². The average Bonchev–Trinajstić information content (AvgIpc) is 2.17. The van der Waals surface area contributed by atoms with Gasteiger partial charge in [-0.05, 0) is 30.3 Å². The van der Waals surface area contributed by atoms with Crippen molar-refractivity contribution in [3.8, 4) is 0 Å². The zero-order chi connectivity index (χ0) is 8.97. The van der Waals surface area contributed by atoms with Crippen LogP contribution in [-0.2, 0) is 4.79 Å². The van der Waals surface area contributed by atoms with Crippen molar-refractivity contribution in [2.24, 2.45) is 5.92 Å². The molecular formula is C8H15NO2S. The summed E-state index contributed by atoms with van der Waals surface area (Å²) in [5.41, 5.74) is 0. The highest BCUT2D eigenvalue weighted by atomic mass is 32.2. The van der Waals surface area contributed by atoms with Gasteiger partial charge in [0.2, 0.25) is 5.91 Å². The number of nitrogens with one attached hydrogen (secondary N) is 1. The van der Waals surface area contributed by atoms with Gasteiger partial charge in [0.05, 0.1) is 0 Å². The Kier molecular flexibility index (Phi) is 3.88. The van der Waals surface area contributed by atoms with Crippen molar-refractivity contribution in [2.75, 3.05) is 18.6 Å². The molecule has 1 amide bonds. The molecule has 0 radical (unpaired) electrons. The molecule has 1 aliphatic heterocycles. The molecule has 0 saturated carbocycles. The largest absolute Gasteiger partial charge is 0.383 e. The minimum absolute atomic E-state index is 0.172. The Morgan fingerprint density at radius 2 is 2.17 bits per heavy atom. The Hall–Kier alpha value is -0.220. The first-order valence-electron chi connectivity index (χ1n) is 4.23. The standard InChI is InChI=1S/C8H15NO2S/c1-9-8(11)7(10)6-2-4-12-5-3-6/h6-7,10H,2-5H2,1H3,(H,9,11). The lowest BCUT2D eigenvalue weighted by Crippen LogP contribution is -2.38. The molecule has 2 N–H and O–H groups in total. The minimum Gasteiger partial charge on any atom is -0.383 e. The molecule has 3 nitrogen and oxygen atoms in total. The van der Waals surface area contributed by atoms with E-state index >= 15 is 0 Å². The quantitative estimate of drug-likeness (QED) is 0.654. The molecule has 4 heteroatoms. The third kappa shape index (κ3) is 2.38. The lowest BCUT2D eigenvalue weighted by atomic mass is 9.95. The van der Waals surface area contributed by atoms with Crippen LogP contribution in [0.15, 0.2) is 0 Å². The summed E-state index contributed by atoms with van der Waals surface area (Å²) in [5, 5.41) is 12.0. The van der Waals surface area contributed by atoms with Crippen LogP contribution >= 0.6 is 11.8 Å². The van der Waals surface area contributed by atoms with Crippen molar-refractivity contribution < 1.29 is 9.90 Å². The molecule has 12 heavy (non-hydrogen) atoms. The molecule has 1 rings (SSSR count). The second-order valence-electron chi connectivity index (χ2n) is 3.01. The second-order valence-corrected chi connectivity index (χ2v) is 4.23. The van der Waals surface area contributed by atoms with Crippen LogP contribution < -0.4 is 5.32 Å². The molecule has 1 atom stereocenters. The molecule has 0 aromatic rings. The van der Waals surface area contributed by atoms with Crippen molar-refractivity contribution in [1.82, 2.24) is 5.32 Å². The Morgan fingerprint density at radius 3 is 2.67 bits per heavy atom. The molecule has 0 aromatic heterocycles. The van der Waals surface area contributed by atoms with Gasteiger partial charge in [0.25, 0.3) is 0 Å². The van der Waals surface area contributed by atoms with Gasteiger partial charge in [-0.1, -0.05) is 0 Å². The maximum atomic E-state index is 11.0. The number of carbonyl (C=O) groups excluding carboxylic acids is 1. The predicted molar refractivity (Wildman–Crippen MR) is 50.1 cm³/mol. The summed E-state index contributed by atoms with van der Waals surface area (Å²) in [6.45, 7) is 0. The number of hydrogen-bond donors (Lipinski definition) is 2. The molecule has 1 unspecified atom stereocenters. The third-order valence-corrected chi connectivity index (χ3v) is 3.28. The normalized spacial score (nSPS) is 21.8. The van der Waals surface area contributed by atoms with Crippen LogP contribution in [0, 0.1) is 5.92 Å². The first-order valence-corrected chi connectivity index (χ1v) is 5.38. The summed E-state index contributed by atoms with van der Waals surface area (Å²) < 4.78 is 0. The van der Waals surface area contributed by atoms with E-state index in [1.54, 1.807) is 7.05 Å². The highest BCUT2D eigenvalue weighted by Crippen LogP contribution is 2.25. The maximum Gasteiger partial charge on any atom is 0.248 e. The van der Waals surface area contributed by atoms with Crippen LogP contribution in [0.2, 0.25) is 0 Å². The van der Waals surface area contributed by atoms with Crippen LogP contribution in [-0.4, -0.2) is 35.7 Å². The minimum atomic E-state index is -0.795. The van der Waals surface area contributed by atoms with E-state index in [-0.39, 0.29) is 11.8 Å². The monoisotopic (exact) mass is 189 g/mol. The number of amides is 1. The summed E-state index contributed by atoms with van der Waals surface area (Å²) in [7, 11) is 1.56. The van der Waals surface area contributed by atoms with E-state index in [1.165, 1.54) is 0 Å². The Balaban J connectivity index is 2.39. The van der Waals surface area contributed by atoms with Crippen molar-refractivity contribution in [2.45, 2.75) is 18.9 Å². The summed E-state index contributed by atoms with van der Waals surface area (Å²) in [6.07, 6.45) is 1.12. The smallest absolute Gasteiger partial charge is 0.248 e. The van der Waals surface area contributed by atoms with Crippen LogP contribution in [0.4, 0.5) is 0 Å². The summed E-state index contributed by atoms with van der Waals surface area (Å²) in [6, 6.07) is 0. The number of likely N-dealkylation sites (N-methyl/N-ethyl adjacent to an activating group) is 1. The molecule has 0 bridgehead atoms. The van der Waals surface area contributed by atoms with E-state index < -0.39 is 6.10 Å². The number of rotatable bonds is 2. The number of hydrogen-bond acceptors (Lipinski definition) is 3. The van der Waals surface area contributed by atoms with E-state index in [0.717, 1.165) is 24.3 Å². The molecule has 70 valence electrons. The predicted octanol–water partition coefficient (Wildman–Crippen LogP) is 0.236. The molecule has 1 heterocycles.